The predicted octanol–water partition coefficient (Wildman–Crippen LogP) is 2.52. The van der Waals surface area contributed by atoms with Crippen molar-refractivity contribution in [3.63, 3.8) is 0 Å². The van der Waals surface area contributed by atoms with Crippen molar-refractivity contribution in [2.75, 3.05) is 11.5 Å². The van der Waals surface area contributed by atoms with Gasteiger partial charge in [0.15, 0.2) is 0 Å². The normalized spacial score (nSPS) is 10.6. The molecule has 3 aromatic rings. The van der Waals surface area contributed by atoms with E-state index in [1.807, 2.05) is 0 Å². The summed E-state index contributed by atoms with van der Waals surface area (Å²) < 4.78 is 13.7. The molecule has 0 saturated heterocycles. The molecule has 2 aromatic heterocycles. The van der Waals surface area contributed by atoms with E-state index in [1.165, 1.54) is 12.1 Å². The molecule has 0 atom stereocenters. The molecule has 0 saturated carbocycles. The summed E-state index contributed by atoms with van der Waals surface area (Å²) in [6.07, 6.45) is 1.56. The molecule has 25 heavy (non-hydrogen) atoms. The SMILES string of the molecule is Cc1nc(N)nc(-c2ccc(F)c(C(=O)O)c2)c1-c1ccc(N)nc1. The molecule has 0 amide bonds. The van der Waals surface area contributed by atoms with Gasteiger partial charge in [0.2, 0.25) is 5.95 Å². The number of hydrogen-bond acceptors (Lipinski definition) is 6. The molecular weight excluding hydrogens is 325 g/mol. The van der Waals surface area contributed by atoms with Crippen molar-refractivity contribution >= 4 is 17.7 Å². The van der Waals surface area contributed by atoms with Gasteiger partial charge >= 0.3 is 5.97 Å². The zero-order chi connectivity index (χ0) is 18.1. The Morgan fingerprint density at radius 3 is 2.48 bits per heavy atom. The van der Waals surface area contributed by atoms with Gasteiger partial charge in [0.05, 0.1) is 17.0 Å². The Labute approximate surface area is 142 Å². The van der Waals surface area contributed by atoms with Gasteiger partial charge in [-0.1, -0.05) is 0 Å². The van der Waals surface area contributed by atoms with Crippen molar-refractivity contribution in [1.82, 2.24) is 15.0 Å². The van der Waals surface area contributed by atoms with E-state index in [-0.39, 0.29) is 5.95 Å². The molecule has 0 aliphatic heterocycles. The molecule has 0 unspecified atom stereocenters. The highest BCUT2D eigenvalue weighted by Crippen LogP contribution is 2.33. The average Bonchev–Trinajstić information content (AvgIpc) is 2.55. The second-order valence-electron chi connectivity index (χ2n) is 5.36. The molecule has 0 fully saturated rings. The van der Waals surface area contributed by atoms with Crippen molar-refractivity contribution < 1.29 is 14.3 Å². The molecule has 5 N–H and O–H groups in total. The topological polar surface area (TPSA) is 128 Å². The highest BCUT2D eigenvalue weighted by molar-refractivity contribution is 5.91. The van der Waals surface area contributed by atoms with E-state index in [0.29, 0.717) is 33.9 Å². The van der Waals surface area contributed by atoms with Crippen molar-refractivity contribution in [2.24, 2.45) is 0 Å². The lowest BCUT2D eigenvalue weighted by Gasteiger charge is -2.13. The smallest absolute Gasteiger partial charge is 0.338 e. The third kappa shape index (κ3) is 3.09. The fourth-order valence-electron chi connectivity index (χ4n) is 2.54. The molecule has 2 heterocycles. The Hall–Kier alpha value is -3.55. The molecule has 3 rings (SSSR count). The Kier molecular flexibility index (Phi) is 4.02. The van der Waals surface area contributed by atoms with Crippen LogP contribution in [0.15, 0.2) is 36.5 Å². The van der Waals surface area contributed by atoms with Crippen LogP contribution >= 0.6 is 0 Å². The number of aryl methyl sites for hydroxylation is 1. The Morgan fingerprint density at radius 2 is 1.84 bits per heavy atom. The van der Waals surface area contributed by atoms with Crippen LogP contribution in [-0.2, 0) is 0 Å². The molecule has 0 radical (unpaired) electrons. The van der Waals surface area contributed by atoms with E-state index in [9.17, 15) is 9.18 Å². The molecular formula is C17H14FN5O2. The summed E-state index contributed by atoms with van der Waals surface area (Å²) in [5, 5.41) is 9.14. The molecule has 0 aliphatic rings. The van der Waals surface area contributed by atoms with E-state index in [1.54, 1.807) is 25.3 Å². The van der Waals surface area contributed by atoms with Crippen LogP contribution in [0.2, 0.25) is 0 Å². The molecule has 126 valence electrons. The van der Waals surface area contributed by atoms with Crippen LogP contribution in [0.4, 0.5) is 16.2 Å². The number of aromatic carboxylic acids is 1. The molecule has 0 spiro atoms. The lowest BCUT2D eigenvalue weighted by atomic mass is 9.98. The number of pyridine rings is 1. The molecule has 8 heteroatoms. The minimum absolute atomic E-state index is 0.0286. The zero-order valence-corrected chi connectivity index (χ0v) is 13.2. The van der Waals surface area contributed by atoms with E-state index >= 15 is 0 Å². The van der Waals surface area contributed by atoms with Gasteiger partial charge in [-0.2, -0.15) is 0 Å². The van der Waals surface area contributed by atoms with E-state index in [0.717, 1.165) is 6.07 Å². The number of carbonyl (C=O) groups is 1. The first-order valence-corrected chi connectivity index (χ1v) is 7.26. The quantitative estimate of drug-likeness (QED) is 0.668. The number of benzene rings is 1. The highest BCUT2D eigenvalue weighted by Gasteiger charge is 2.18. The zero-order valence-electron chi connectivity index (χ0n) is 13.2. The number of nitrogens with two attached hydrogens (primary N) is 2. The van der Waals surface area contributed by atoms with Gasteiger partial charge in [0.25, 0.3) is 0 Å². The van der Waals surface area contributed by atoms with E-state index in [4.69, 9.17) is 16.6 Å². The predicted molar refractivity (Wildman–Crippen MR) is 91.2 cm³/mol. The summed E-state index contributed by atoms with van der Waals surface area (Å²) in [6.45, 7) is 1.74. The van der Waals surface area contributed by atoms with Gasteiger partial charge in [-0.05, 0) is 37.3 Å². The van der Waals surface area contributed by atoms with Crippen molar-refractivity contribution in [3.05, 3.63) is 53.6 Å². The van der Waals surface area contributed by atoms with Crippen molar-refractivity contribution in [3.8, 4) is 22.4 Å². The maximum absolute atomic E-state index is 13.7. The summed E-state index contributed by atoms with van der Waals surface area (Å²) in [7, 11) is 0. The van der Waals surface area contributed by atoms with E-state index < -0.39 is 17.3 Å². The maximum atomic E-state index is 13.7. The van der Waals surface area contributed by atoms with Crippen LogP contribution in [0.25, 0.3) is 22.4 Å². The monoisotopic (exact) mass is 339 g/mol. The van der Waals surface area contributed by atoms with Crippen LogP contribution < -0.4 is 11.5 Å². The lowest BCUT2D eigenvalue weighted by molar-refractivity contribution is 0.0692. The number of carboxylic acids is 1. The summed E-state index contributed by atoms with van der Waals surface area (Å²) >= 11 is 0. The number of carboxylic acid groups (broad SMARTS) is 1. The molecule has 7 nitrogen and oxygen atoms in total. The van der Waals surface area contributed by atoms with Crippen LogP contribution in [0.5, 0.6) is 0 Å². The summed E-state index contributed by atoms with van der Waals surface area (Å²) in [5.74, 6) is -1.81. The van der Waals surface area contributed by atoms with Crippen molar-refractivity contribution in [2.45, 2.75) is 6.92 Å². The minimum atomic E-state index is -1.37. The first-order valence-electron chi connectivity index (χ1n) is 7.26. The number of halogens is 1. The van der Waals surface area contributed by atoms with Gasteiger partial charge in [0.1, 0.15) is 11.6 Å². The van der Waals surface area contributed by atoms with Crippen LogP contribution in [0, 0.1) is 12.7 Å². The first kappa shape index (κ1) is 16.3. The standard InChI is InChI=1S/C17H14FN5O2/c1-8-14(10-3-5-13(19)21-7-10)15(23-17(20)22-8)9-2-4-12(18)11(6-9)16(24)25/h2-7H,1H3,(H2,19,21)(H,24,25)(H2,20,22,23). The van der Waals surface area contributed by atoms with E-state index in [2.05, 4.69) is 15.0 Å². The van der Waals surface area contributed by atoms with Gasteiger partial charge in [-0.3, -0.25) is 0 Å². The van der Waals surface area contributed by atoms with Crippen LogP contribution in [0.1, 0.15) is 16.1 Å². The number of anilines is 2. The number of aromatic nitrogens is 3. The number of nitrogen functional groups attached to an aromatic ring is 2. The third-order valence-electron chi connectivity index (χ3n) is 3.65. The third-order valence-corrected chi connectivity index (χ3v) is 3.65. The molecule has 1 aromatic carbocycles. The van der Waals surface area contributed by atoms with Crippen LogP contribution in [0.3, 0.4) is 0 Å². The summed E-state index contributed by atoms with van der Waals surface area (Å²) in [4.78, 5) is 23.6. The van der Waals surface area contributed by atoms with Crippen LogP contribution in [-0.4, -0.2) is 26.0 Å². The molecule has 0 bridgehead atoms. The van der Waals surface area contributed by atoms with Gasteiger partial charge in [-0.25, -0.2) is 24.1 Å². The Morgan fingerprint density at radius 1 is 1.12 bits per heavy atom. The molecule has 0 aliphatic carbocycles. The van der Waals surface area contributed by atoms with Crippen molar-refractivity contribution in [1.29, 1.82) is 0 Å². The summed E-state index contributed by atoms with van der Waals surface area (Å²) in [5.41, 5.74) is 13.6. The fourth-order valence-corrected chi connectivity index (χ4v) is 2.54. The number of nitrogens with zero attached hydrogens (tertiary/aromatic N) is 3. The fraction of sp³-hybridized carbons (Fsp3) is 0.0588. The summed E-state index contributed by atoms with van der Waals surface area (Å²) in [6, 6.07) is 7.11. The second kappa shape index (κ2) is 6.16. The second-order valence-corrected chi connectivity index (χ2v) is 5.36. The number of rotatable bonds is 3. The average molecular weight is 339 g/mol. The van der Waals surface area contributed by atoms with Gasteiger partial charge in [-0.15, -0.1) is 0 Å². The highest BCUT2D eigenvalue weighted by atomic mass is 19.1. The minimum Gasteiger partial charge on any atom is -0.478 e. The van der Waals surface area contributed by atoms with Gasteiger partial charge < -0.3 is 16.6 Å². The maximum Gasteiger partial charge on any atom is 0.338 e. The largest absolute Gasteiger partial charge is 0.478 e. The first-order chi connectivity index (χ1) is 11.9. The lowest BCUT2D eigenvalue weighted by Crippen LogP contribution is -2.05. The van der Waals surface area contributed by atoms with Gasteiger partial charge in [0, 0.05) is 22.9 Å². The Bertz CT molecular complexity index is 974. The number of hydrogen-bond donors (Lipinski definition) is 3. The Balaban J connectivity index is 2.28.